The highest BCUT2D eigenvalue weighted by Crippen LogP contribution is 2.48. The minimum Gasteiger partial charge on any atom is -0.466 e. The maximum absolute atomic E-state index is 14.3. The Morgan fingerprint density at radius 1 is 1.05 bits per heavy atom. The monoisotopic (exact) mass is 508 g/mol. The molecule has 1 amide bonds. The third-order valence-electron chi connectivity index (χ3n) is 8.74. The summed E-state index contributed by atoms with van der Waals surface area (Å²) >= 11 is 0. The zero-order valence-corrected chi connectivity index (χ0v) is 22.0. The Balaban J connectivity index is 1.58. The number of piperidine rings is 1. The fraction of sp³-hybridized carbons (Fsp3) is 0.655. The zero-order valence-electron chi connectivity index (χ0n) is 22.0. The molecule has 1 aliphatic carbocycles. The minimum absolute atomic E-state index is 0.0579. The van der Waals surface area contributed by atoms with Gasteiger partial charge in [0.05, 0.1) is 29.6 Å². The summed E-state index contributed by atoms with van der Waals surface area (Å²) in [6, 6.07) is 8.53. The van der Waals surface area contributed by atoms with Gasteiger partial charge in [0.2, 0.25) is 0 Å². The molecule has 3 aliphatic rings. The van der Waals surface area contributed by atoms with Crippen molar-refractivity contribution in [3.63, 3.8) is 0 Å². The molecule has 37 heavy (non-hydrogen) atoms. The van der Waals surface area contributed by atoms with E-state index in [2.05, 4.69) is 15.6 Å². The average Bonchev–Trinajstić information content (AvgIpc) is 3.21. The number of nitrogens with zero attached hydrogens (tertiary/aromatic N) is 2. The van der Waals surface area contributed by atoms with Gasteiger partial charge in [-0.05, 0) is 63.5 Å². The van der Waals surface area contributed by atoms with E-state index in [9.17, 15) is 14.4 Å². The first kappa shape index (κ1) is 25.9. The number of fused-ring (bicyclic) bond motifs is 3. The second-order valence-corrected chi connectivity index (χ2v) is 11.1. The second kappa shape index (κ2) is 11.3. The molecule has 1 aromatic carbocycles. The van der Waals surface area contributed by atoms with Gasteiger partial charge in [-0.3, -0.25) is 19.0 Å². The Bertz CT molecular complexity index is 1170. The molecule has 1 aromatic heterocycles. The maximum atomic E-state index is 14.3. The van der Waals surface area contributed by atoms with Crippen molar-refractivity contribution in [2.24, 2.45) is 5.92 Å². The Hall–Kier alpha value is -2.74. The lowest BCUT2D eigenvalue weighted by Gasteiger charge is -2.49. The van der Waals surface area contributed by atoms with E-state index in [1.165, 1.54) is 32.1 Å². The van der Waals surface area contributed by atoms with Crippen LogP contribution in [0.3, 0.4) is 0 Å². The number of amides is 1. The molecular formula is C29H40N4O4. The number of hydrogen-bond acceptors (Lipinski definition) is 6. The lowest BCUT2D eigenvalue weighted by molar-refractivity contribution is -0.142. The van der Waals surface area contributed by atoms with E-state index in [1.54, 1.807) is 6.92 Å². The predicted octanol–water partition coefficient (Wildman–Crippen LogP) is 4.05. The van der Waals surface area contributed by atoms with Crippen molar-refractivity contribution in [2.45, 2.75) is 102 Å². The van der Waals surface area contributed by atoms with Gasteiger partial charge in [-0.15, -0.1) is 0 Å². The van der Waals surface area contributed by atoms with Gasteiger partial charge in [-0.2, -0.15) is 0 Å². The van der Waals surface area contributed by atoms with E-state index in [0.29, 0.717) is 30.1 Å². The smallest absolute Gasteiger partial charge is 0.307 e. The van der Waals surface area contributed by atoms with Crippen LogP contribution < -0.4 is 16.2 Å². The van der Waals surface area contributed by atoms with Crippen LogP contribution in [-0.4, -0.2) is 46.7 Å². The lowest BCUT2D eigenvalue weighted by atomic mass is 9.69. The SMILES string of the molecule is CCOC(=O)CCNC(=O)c1nc2ccccc2n(C2(C3CCCCCCC3)C[C@H]3CC[C@@H](C2)N3)c1=O. The summed E-state index contributed by atoms with van der Waals surface area (Å²) in [7, 11) is 0. The van der Waals surface area contributed by atoms with E-state index < -0.39 is 5.91 Å². The normalized spacial score (nSPS) is 26.4. The molecule has 8 heteroatoms. The lowest BCUT2D eigenvalue weighted by Crippen LogP contribution is -2.57. The number of carbonyl (C=O) groups excluding carboxylic acids is 2. The van der Waals surface area contributed by atoms with Gasteiger partial charge in [0.1, 0.15) is 0 Å². The van der Waals surface area contributed by atoms with Crippen LogP contribution in [0.25, 0.3) is 11.0 Å². The highest BCUT2D eigenvalue weighted by atomic mass is 16.5. The molecular weight excluding hydrogens is 468 g/mol. The first-order chi connectivity index (χ1) is 18.0. The van der Waals surface area contributed by atoms with Gasteiger partial charge < -0.3 is 15.4 Å². The van der Waals surface area contributed by atoms with Crippen LogP contribution in [0.4, 0.5) is 0 Å². The molecule has 3 fully saturated rings. The summed E-state index contributed by atoms with van der Waals surface area (Å²) in [6.45, 7) is 2.15. The zero-order chi connectivity index (χ0) is 25.8. The van der Waals surface area contributed by atoms with Crippen molar-refractivity contribution in [2.75, 3.05) is 13.2 Å². The van der Waals surface area contributed by atoms with E-state index in [-0.39, 0.29) is 35.7 Å². The van der Waals surface area contributed by atoms with Crippen LogP contribution in [0, 0.1) is 5.92 Å². The largest absolute Gasteiger partial charge is 0.466 e. The number of rotatable bonds is 7. The molecule has 2 aromatic rings. The maximum Gasteiger partial charge on any atom is 0.307 e. The standard InChI is InChI=1S/C29H40N4O4/c1-2-37-25(34)16-17-30-27(35)26-28(36)33(24-13-9-8-12-23(24)32-26)29(18-21-14-15-22(19-29)31-21)20-10-6-4-3-5-7-11-20/h8-9,12-13,20-22,31H,2-7,10-11,14-19H2,1H3,(H,30,35)/t21-,22+,29?. The summed E-state index contributed by atoms with van der Waals surface area (Å²) in [6.07, 6.45) is 12.5. The van der Waals surface area contributed by atoms with Crippen molar-refractivity contribution in [1.82, 2.24) is 20.2 Å². The topological polar surface area (TPSA) is 102 Å². The number of ether oxygens (including phenoxy) is 1. The molecule has 3 heterocycles. The molecule has 2 aliphatic heterocycles. The highest BCUT2D eigenvalue weighted by molar-refractivity contribution is 5.94. The number of benzene rings is 1. The highest BCUT2D eigenvalue weighted by Gasteiger charge is 2.50. The van der Waals surface area contributed by atoms with Gasteiger partial charge in [0, 0.05) is 18.6 Å². The first-order valence-corrected chi connectivity index (χ1v) is 14.2. The Labute approximate surface area is 218 Å². The fourth-order valence-corrected chi connectivity index (χ4v) is 7.17. The third-order valence-corrected chi connectivity index (χ3v) is 8.74. The number of para-hydroxylation sites is 2. The molecule has 1 saturated carbocycles. The third kappa shape index (κ3) is 5.31. The van der Waals surface area contributed by atoms with Crippen LogP contribution in [0.2, 0.25) is 0 Å². The van der Waals surface area contributed by atoms with Crippen LogP contribution in [-0.2, 0) is 15.1 Å². The summed E-state index contributed by atoms with van der Waals surface area (Å²) in [5, 5.41) is 6.52. The van der Waals surface area contributed by atoms with Crippen molar-refractivity contribution < 1.29 is 14.3 Å². The number of hydrogen-bond donors (Lipinski definition) is 2. The van der Waals surface area contributed by atoms with Crippen LogP contribution >= 0.6 is 0 Å². The van der Waals surface area contributed by atoms with Gasteiger partial charge in [-0.25, -0.2) is 4.98 Å². The Morgan fingerprint density at radius 3 is 2.43 bits per heavy atom. The molecule has 1 unspecified atom stereocenters. The van der Waals surface area contributed by atoms with Crippen molar-refractivity contribution >= 4 is 22.9 Å². The van der Waals surface area contributed by atoms with Crippen LogP contribution in [0.5, 0.6) is 0 Å². The molecule has 2 saturated heterocycles. The number of carbonyl (C=O) groups is 2. The minimum atomic E-state index is -0.529. The summed E-state index contributed by atoms with van der Waals surface area (Å²) in [5.41, 5.74) is 0.746. The first-order valence-electron chi connectivity index (χ1n) is 14.2. The molecule has 8 nitrogen and oxygen atoms in total. The number of esters is 1. The average molecular weight is 509 g/mol. The molecule has 2 N–H and O–H groups in total. The molecule has 0 spiro atoms. The molecule has 200 valence electrons. The Morgan fingerprint density at radius 2 is 1.73 bits per heavy atom. The van der Waals surface area contributed by atoms with E-state index in [4.69, 9.17) is 4.74 Å². The molecule has 5 rings (SSSR count). The second-order valence-electron chi connectivity index (χ2n) is 11.1. The van der Waals surface area contributed by atoms with Gasteiger partial charge in [-0.1, -0.05) is 44.2 Å². The summed E-state index contributed by atoms with van der Waals surface area (Å²) < 4.78 is 6.95. The van der Waals surface area contributed by atoms with Crippen molar-refractivity contribution in [3.8, 4) is 0 Å². The van der Waals surface area contributed by atoms with Crippen molar-refractivity contribution in [3.05, 3.63) is 40.3 Å². The van der Waals surface area contributed by atoms with E-state index in [1.807, 2.05) is 28.8 Å². The van der Waals surface area contributed by atoms with E-state index >= 15 is 0 Å². The van der Waals surface area contributed by atoms with Crippen LogP contribution in [0.15, 0.2) is 29.1 Å². The van der Waals surface area contributed by atoms with Gasteiger partial charge in [0.15, 0.2) is 5.69 Å². The summed E-state index contributed by atoms with van der Waals surface area (Å²) in [4.78, 5) is 43.8. The van der Waals surface area contributed by atoms with Crippen LogP contribution in [0.1, 0.15) is 94.5 Å². The molecule has 0 radical (unpaired) electrons. The number of nitrogens with one attached hydrogen (secondary N) is 2. The quantitative estimate of drug-likeness (QED) is 0.547. The van der Waals surface area contributed by atoms with Gasteiger partial charge >= 0.3 is 5.97 Å². The van der Waals surface area contributed by atoms with Crippen molar-refractivity contribution in [1.29, 1.82) is 0 Å². The number of aromatic nitrogens is 2. The summed E-state index contributed by atoms with van der Waals surface area (Å²) in [5.74, 6) is -0.514. The Kier molecular flexibility index (Phi) is 7.93. The molecule has 2 bridgehead atoms. The molecule has 3 atom stereocenters. The predicted molar refractivity (Wildman–Crippen MR) is 143 cm³/mol. The van der Waals surface area contributed by atoms with Gasteiger partial charge in [0.25, 0.3) is 11.5 Å². The fourth-order valence-electron chi connectivity index (χ4n) is 7.17. The van der Waals surface area contributed by atoms with E-state index in [0.717, 1.165) is 44.0 Å².